The normalized spacial score (nSPS) is 30.1. The van der Waals surface area contributed by atoms with Crippen molar-refractivity contribution < 1.29 is 9.90 Å². The molecule has 1 aliphatic heterocycles. The summed E-state index contributed by atoms with van der Waals surface area (Å²) in [7, 11) is 0. The van der Waals surface area contributed by atoms with E-state index in [2.05, 4.69) is 26.1 Å². The zero-order valence-electron chi connectivity index (χ0n) is 8.63. The SMILES string of the molecule is CC(C)(C)[C@@H]1CC[C@@H](C(=O)O)NC1. The molecular formula is C10H19NO2. The van der Waals surface area contributed by atoms with Crippen LogP contribution in [0.2, 0.25) is 0 Å². The lowest BCUT2D eigenvalue weighted by atomic mass is 9.75. The number of aliphatic carboxylic acids is 1. The molecule has 0 amide bonds. The molecule has 0 bridgehead atoms. The van der Waals surface area contributed by atoms with Gasteiger partial charge in [-0.1, -0.05) is 20.8 Å². The van der Waals surface area contributed by atoms with Gasteiger partial charge in [0.15, 0.2) is 0 Å². The van der Waals surface area contributed by atoms with E-state index in [4.69, 9.17) is 5.11 Å². The molecule has 0 spiro atoms. The third-order valence-electron chi connectivity index (χ3n) is 2.94. The third kappa shape index (κ3) is 2.69. The molecule has 0 aliphatic carbocycles. The number of rotatable bonds is 1. The first kappa shape index (κ1) is 10.5. The van der Waals surface area contributed by atoms with E-state index in [0.29, 0.717) is 5.92 Å². The molecule has 0 unspecified atom stereocenters. The molecule has 0 aromatic heterocycles. The predicted molar refractivity (Wildman–Crippen MR) is 51.6 cm³/mol. The Kier molecular flexibility index (Phi) is 2.96. The van der Waals surface area contributed by atoms with E-state index in [-0.39, 0.29) is 11.5 Å². The van der Waals surface area contributed by atoms with Crippen molar-refractivity contribution in [3.8, 4) is 0 Å². The highest BCUT2D eigenvalue weighted by atomic mass is 16.4. The summed E-state index contributed by atoms with van der Waals surface area (Å²) in [5.74, 6) is -0.115. The Morgan fingerprint density at radius 1 is 1.38 bits per heavy atom. The minimum atomic E-state index is -0.715. The number of hydrogen-bond acceptors (Lipinski definition) is 2. The monoisotopic (exact) mass is 185 g/mol. The molecule has 1 aliphatic rings. The Balaban J connectivity index is 2.44. The number of carboxylic acid groups (broad SMARTS) is 1. The van der Waals surface area contributed by atoms with Gasteiger partial charge in [0.05, 0.1) is 0 Å². The Bertz CT molecular complexity index is 188. The minimum Gasteiger partial charge on any atom is -0.480 e. The molecule has 3 heteroatoms. The molecule has 1 fully saturated rings. The second-order valence-electron chi connectivity index (χ2n) is 4.94. The Morgan fingerprint density at radius 3 is 2.31 bits per heavy atom. The van der Waals surface area contributed by atoms with Crippen molar-refractivity contribution in [1.29, 1.82) is 0 Å². The van der Waals surface area contributed by atoms with Crippen molar-refractivity contribution in [3.05, 3.63) is 0 Å². The number of piperidine rings is 1. The lowest BCUT2D eigenvalue weighted by Crippen LogP contribution is -2.46. The van der Waals surface area contributed by atoms with Crippen LogP contribution in [0.25, 0.3) is 0 Å². The van der Waals surface area contributed by atoms with E-state index >= 15 is 0 Å². The van der Waals surface area contributed by atoms with Gasteiger partial charge in [-0.15, -0.1) is 0 Å². The summed E-state index contributed by atoms with van der Waals surface area (Å²) in [5, 5.41) is 11.8. The molecule has 0 aromatic rings. The number of nitrogens with one attached hydrogen (secondary N) is 1. The molecular weight excluding hydrogens is 166 g/mol. The average Bonchev–Trinajstić information content (AvgIpc) is 2.03. The molecule has 0 saturated carbocycles. The van der Waals surface area contributed by atoms with Crippen molar-refractivity contribution in [1.82, 2.24) is 5.32 Å². The summed E-state index contributed by atoms with van der Waals surface area (Å²) in [6.07, 6.45) is 1.78. The molecule has 2 N–H and O–H groups in total. The van der Waals surface area contributed by atoms with Crippen molar-refractivity contribution in [2.24, 2.45) is 11.3 Å². The molecule has 0 aromatic carbocycles. The molecule has 1 rings (SSSR count). The van der Waals surface area contributed by atoms with E-state index in [0.717, 1.165) is 19.4 Å². The standard InChI is InChI=1S/C10H19NO2/c1-10(2,3)7-4-5-8(9(12)13)11-6-7/h7-8,11H,4-6H2,1-3H3,(H,12,13)/t7-,8+/m1/s1. The highest BCUT2D eigenvalue weighted by Gasteiger charge is 2.31. The largest absolute Gasteiger partial charge is 0.480 e. The van der Waals surface area contributed by atoms with E-state index in [1.54, 1.807) is 0 Å². The molecule has 76 valence electrons. The number of hydrogen-bond donors (Lipinski definition) is 2. The Hall–Kier alpha value is -0.570. The summed E-state index contributed by atoms with van der Waals surface area (Å²) in [6, 6.07) is -0.321. The first-order chi connectivity index (χ1) is 5.91. The van der Waals surface area contributed by atoms with E-state index in [9.17, 15) is 4.79 Å². The molecule has 1 saturated heterocycles. The van der Waals surface area contributed by atoms with Crippen molar-refractivity contribution in [2.45, 2.75) is 39.7 Å². The van der Waals surface area contributed by atoms with Crippen LogP contribution < -0.4 is 5.32 Å². The Morgan fingerprint density at radius 2 is 2.00 bits per heavy atom. The molecule has 13 heavy (non-hydrogen) atoms. The first-order valence-electron chi connectivity index (χ1n) is 4.87. The minimum absolute atomic E-state index is 0.288. The average molecular weight is 185 g/mol. The smallest absolute Gasteiger partial charge is 0.320 e. The van der Waals surface area contributed by atoms with Gasteiger partial charge in [0, 0.05) is 0 Å². The van der Waals surface area contributed by atoms with Gasteiger partial charge in [-0.25, -0.2) is 0 Å². The van der Waals surface area contributed by atoms with Crippen LogP contribution in [0.1, 0.15) is 33.6 Å². The summed E-state index contributed by atoms with van der Waals surface area (Å²) < 4.78 is 0. The molecule has 3 nitrogen and oxygen atoms in total. The predicted octanol–water partition coefficient (Wildman–Crippen LogP) is 1.49. The maximum absolute atomic E-state index is 10.6. The van der Waals surface area contributed by atoms with Gasteiger partial charge >= 0.3 is 5.97 Å². The summed E-state index contributed by atoms with van der Waals surface area (Å²) in [4.78, 5) is 10.6. The number of carbonyl (C=O) groups is 1. The topological polar surface area (TPSA) is 49.3 Å². The third-order valence-corrected chi connectivity index (χ3v) is 2.94. The second-order valence-corrected chi connectivity index (χ2v) is 4.94. The van der Waals surface area contributed by atoms with Crippen molar-refractivity contribution in [2.75, 3.05) is 6.54 Å². The van der Waals surface area contributed by atoms with Gasteiger partial charge in [-0.2, -0.15) is 0 Å². The molecule has 1 heterocycles. The fourth-order valence-electron chi connectivity index (χ4n) is 1.81. The lowest BCUT2D eigenvalue weighted by molar-refractivity contribution is -0.140. The maximum atomic E-state index is 10.6. The van der Waals surface area contributed by atoms with Crippen molar-refractivity contribution in [3.63, 3.8) is 0 Å². The zero-order valence-corrected chi connectivity index (χ0v) is 8.63. The fraction of sp³-hybridized carbons (Fsp3) is 0.900. The van der Waals surface area contributed by atoms with Crippen LogP contribution in [0.5, 0.6) is 0 Å². The van der Waals surface area contributed by atoms with Gasteiger partial charge in [0.25, 0.3) is 0 Å². The molecule has 0 radical (unpaired) electrons. The van der Waals surface area contributed by atoms with Gasteiger partial charge in [0.2, 0.25) is 0 Å². The zero-order chi connectivity index (χ0) is 10.1. The quantitative estimate of drug-likeness (QED) is 0.650. The van der Waals surface area contributed by atoms with Crippen molar-refractivity contribution >= 4 is 5.97 Å². The van der Waals surface area contributed by atoms with Gasteiger partial charge in [-0.3, -0.25) is 4.79 Å². The van der Waals surface area contributed by atoms with Crippen LogP contribution in [-0.4, -0.2) is 23.7 Å². The highest BCUT2D eigenvalue weighted by Crippen LogP contribution is 2.31. The second kappa shape index (κ2) is 3.66. The van der Waals surface area contributed by atoms with Crippen LogP contribution in [0, 0.1) is 11.3 Å². The summed E-state index contributed by atoms with van der Waals surface area (Å²) in [5.41, 5.74) is 0.288. The highest BCUT2D eigenvalue weighted by molar-refractivity contribution is 5.73. The maximum Gasteiger partial charge on any atom is 0.320 e. The van der Waals surface area contributed by atoms with Crippen LogP contribution in [0.4, 0.5) is 0 Å². The van der Waals surface area contributed by atoms with Gasteiger partial charge in [0.1, 0.15) is 6.04 Å². The molecule has 2 atom stereocenters. The first-order valence-corrected chi connectivity index (χ1v) is 4.87. The lowest BCUT2D eigenvalue weighted by Gasteiger charge is -2.36. The van der Waals surface area contributed by atoms with Crippen LogP contribution >= 0.6 is 0 Å². The fourth-order valence-corrected chi connectivity index (χ4v) is 1.81. The van der Waals surface area contributed by atoms with Crippen LogP contribution in [0.3, 0.4) is 0 Å². The summed E-state index contributed by atoms with van der Waals surface area (Å²) >= 11 is 0. The number of carboxylic acids is 1. The van der Waals surface area contributed by atoms with E-state index in [1.165, 1.54) is 0 Å². The van der Waals surface area contributed by atoms with E-state index in [1.807, 2.05) is 0 Å². The Labute approximate surface area is 79.5 Å². The summed E-state index contributed by atoms with van der Waals surface area (Å²) in [6.45, 7) is 7.46. The van der Waals surface area contributed by atoms with Crippen LogP contribution in [-0.2, 0) is 4.79 Å². The van der Waals surface area contributed by atoms with Gasteiger partial charge < -0.3 is 10.4 Å². The van der Waals surface area contributed by atoms with Crippen LogP contribution in [0.15, 0.2) is 0 Å². The van der Waals surface area contributed by atoms with E-state index < -0.39 is 5.97 Å². The van der Waals surface area contributed by atoms with Gasteiger partial charge in [-0.05, 0) is 30.7 Å².